The van der Waals surface area contributed by atoms with E-state index in [2.05, 4.69) is 31.0 Å². The van der Waals surface area contributed by atoms with Crippen molar-refractivity contribution in [3.05, 3.63) is 58.8 Å². The van der Waals surface area contributed by atoms with Crippen LogP contribution in [0.25, 0.3) is 22.3 Å². The number of amides is 1. The van der Waals surface area contributed by atoms with Gasteiger partial charge in [0.1, 0.15) is 0 Å². The summed E-state index contributed by atoms with van der Waals surface area (Å²) in [6, 6.07) is 11.1. The number of hydrogen-bond donors (Lipinski definition) is 3. The lowest BCUT2D eigenvalue weighted by Crippen LogP contribution is -2.26. The third-order valence-corrected chi connectivity index (χ3v) is 4.87. The van der Waals surface area contributed by atoms with Gasteiger partial charge in [-0.1, -0.05) is 23.4 Å². The quantitative estimate of drug-likeness (QED) is 0.352. The van der Waals surface area contributed by atoms with Gasteiger partial charge in [0.05, 0.1) is 11.1 Å². The molecule has 0 saturated carbocycles. The fourth-order valence-electron chi connectivity index (χ4n) is 3.24. The zero-order valence-electron chi connectivity index (χ0n) is 17.1. The first-order chi connectivity index (χ1) is 15.1. The molecular weight excluding hydrogens is 398 g/mol. The molecule has 4 rings (SSSR count). The largest absolute Gasteiger partial charge is 0.368 e. The molecule has 0 radical (unpaired) electrons. The van der Waals surface area contributed by atoms with Crippen LogP contribution in [0.2, 0.25) is 0 Å². The smallest absolute Gasteiger partial charge is 0.272 e. The Bertz CT molecular complexity index is 1240. The Morgan fingerprint density at radius 1 is 1.16 bits per heavy atom. The molecule has 0 spiro atoms. The number of nitrogens with zero attached hydrogens (tertiary/aromatic N) is 4. The van der Waals surface area contributed by atoms with E-state index >= 15 is 0 Å². The first-order valence-corrected chi connectivity index (χ1v) is 10.0. The van der Waals surface area contributed by atoms with Crippen LogP contribution in [-0.2, 0) is 18.3 Å². The van der Waals surface area contributed by atoms with Gasteiger partial charge in [0, 0.05) is 44.6 Å². The zero-order valence-corrected chi connectivity index (χ0v) is 17.1. The van der Waals surface area contributed by atoms with Gasteiger partial charge >= 0.3 is 0 Å². The van der Waals surface area contributed by atoms with E-state index in [1.807, 2.05) is 48.1 Å². The second-order valence-corrected chi connectivity index (χ2v) is 7.09. The molecule has 0 fully saturated rings. The number of aromatic amines is 1. The number of fused-ring (bicyclic) bond motifs is 1. The number of benzene rings is 1. The molecule has 0 saturated heterocycles. The highest BCUT2D eigenvalue weighted by molar-refractivity contribution is 5.90. The molecule has 0 aliphatic rings. The minimum absolute atomic E-state index is 0.0776. The van der Waals surface area contributed by atoms with Crippen molar-refractivity contribution in [1.82, 2.24) is 30.2 Å². The van der Waals surface area contributed by atoms with Crippen molar-refractivity contribution >= 4 is 22.5 Å². The lowest BCUT2D eigenvalue weighted by atomic mass is 10.2. The van der Waals surface area contributed by atoms with Crippen LogP contribution in [0.1, 0.15) is 18.7 Å². The molecule has 10 heteroatoms. The van der Waals surface area contributed by atoms with Crippen LogP contribution in [0.4, 0.5) is 5.82 Å². The molecule has 0 unspecified atom stereocenters. The number of carbonyl (C=O) groups excluding carboxylic acids is 1. The number of carbonyl (C=O) groups is 1. The molecule has 3 aromatic heterocycles. The fraction of sp³-hybridized carbons (Fsp3) is 0.286. The summed E-state index contributed by atoms with van der Waals surface area (Å²) in [6.07, 6.45) is 3.27. The summed E-state index contributed by atoms with van der Waals surface area (Å²) < 4.78 is 7.14. The Morgan fingerprint density at radius 3 is 2.81 bits per heavy atom. The Hall–Kier alpha value is -3.95. The van der Waals surface area contributed by atoms with Crippen molar-refractivity contribution in [3.63, 3.8) is 0 Å². The minimum atomic E-state index is -0.217. The minimum Gasteiger partial charge on any atom is -0.368 e. The second kappa shape index (κ2) is 9.24. The standard InChI is InChI=1S/C21H23N7O3/c1-28-13-4-8-16(28)20-24-18(31-27-20)10-9-17(29)22-11-5-12-23-19-14-6-2-3-7-15(14)21(30)26-25-19/h2-4,6-8,13H,5,9-12H2,1H3,(H,22,29)(H,23,25)(H,26,30). The molecule has 0 atom stereocenters. The van der Waals surface area contributed by atoms with Gasteiger partial charge in [-0.15, -0.1) is 0 Å². The highest BCUT2D eigenvalue weighted by atomic mass is 16.5. The molecule has 31 heavy (non-hydrogen) atoms. The van der Waals surface area contributed by atoms with Crippen LogP contribution in [0.15, 0.2) is 51.9 Å². The number of H-pyrrole nitrogens is 1. The van der Waals surface area contributed by atoms with Gasteiger partial charge < -0.3 is 19.7 Å². The van der Waals surface area contributed by atoms with Crippen LogP contribution in [0.5, 0.6) is 0 Å². The van der Waals surface area contributed by atoms with Crippen LogP contribution in [-0.4, -0.2) is 43.9 Å². The molecule has 3 N–H and O–H groups in total. The van der Waals surface area contributed by atoms with Gasteiger partial charge in [0.25, 0.3) is 5.56 Å². The highest BCUT2D eigenvalue weighted by Crippen LogP contribution is 2.17. The van der Waals surface area contributed by atoms with Gasteiger partial charge in [-0.2, -0.15) is 10.1 Å². The van der Waals surface area contributed by atoms with Crippen LogP contribution < -0.4 is 16.2 Å². The number of anilines is 1. The van der Waals surface area contributed by atoms with Crippen molar-refractivity contribution in [2.45, 2.75) is 19.3 Å². The number of aromatic nitrogens is 5. The van der Waals surface area contributed by atoms with Crippen LogP contribution in [0, 0.1) is 0 Å². The second-order valence-electron chi connectivity index (χ2n) is 7.09. The number of nitrogens with one attached hydrogen (secondary N) is 3. The van der Waals surface area contributed by atoms with E-state index in [4.69, 9.17) is 4.52 Å². The van der Waals surface area contributed by atoms with Crippen molar-refractivity contribution in [2.75, 3.05) is 18.4 Å². The summed E-state index contributed by atoms with van der Waals surface area (Å²) in [6.45, 7) is 1.12. The van der Waals surface area contributed by atoms with Crippen molar-refractivity contribution in [1.29, 1.82) is 0 Å². The average molecular weight is 421 g/mol. The topological polar surface area (TPSA) is 131 Å². The normalized spacial score (nSPS) is 11.0. The predicted molar refractivity (Wildman–Crippen MR) is 116 cm³/mol. The van der Waals surface area contributed by atoms with Crippen LogP contribution in [0.3, 0.4) is 0 Å². The molecule has 1 aromatic carbocycles. The van der Waals surface area contributed by atoms with Gasteiger partial charge in [-0.05, 0) is 24.6 Å². The van der Waals surface area contributed by atoms with Gasteiger partial charge in [0.15, 0.2) is 5.82 Å². The zero-order chi connectivity index (χ0) is 21.6. The van der Waals surface area contributed by atoms with Crippen molar-refractivity contribution < 1.29 is 9.32 Å². The Labute approximate surface area is 177 Å². The first kappa shape index (κ1) is 20.3. The predicted octanol–water partition coefficient (Wildman–Crippen LogP) is 1.86. The fourth-order valence-corrected chi connectivity index (χ4v) is 3.24. The van der Waals surface area contributed by atoms with E-state index in [9.17, 15) is 9.59 Å². The summed E-state index contributed by atoms with van der Waals surface area (Å²) >= 11 is 0. The number of hydrogen-bond acceptors (Lipinski definition) is 7. The number of aryl methyl sites for hydroxylation is 2. The third kappa shape index (κ3) is 4.80. The molecule has 1 amide bonds. The monoisotopic (exact) mass is 421 g/mol. The lowest BCUT2D eigenvalue weighted by molar-refractivity contribution is -0.121. The summed E-state index contributed by atoms with van der Waals surface area (Å²) in [7, 11) is 1.91. The van der Waals surface area contributed by atoms with Gasteiger partial charge in [0.2, 0.25) is 17.6 Å². The van der Waals surface area contributed by atoms with Crippen LogP contribution >= 0.6 is 0 Å². The maximum Gasteiger partial charge on any atom is 0.272 e. The molecule has 4 aromatic rings. The third-order valence-electron chi connectivity index (χ3n) is 4.87. The van der Waals surface area contributed by atoms with E-state index in [0.29, 0.717) is 48.9 Å². The van der Waals surface area contributed by atoms with E-state index < -0.39 is 0 Å². The Morgan fingerprint density at radius 2 is 2.00 bits per heavy atom. The van der Waals surface area contributed by atoms with E-state index in [-0.39, 0.29) is 17.9 Å². The van der Waals surface area contributed by atoms with E-state index in [1.54, 1.807) is 6.07 Å². The maximum atomic E-state index is 12.1. The Balaban J connectivity index is 1.19. The molecule has 0 aliphatic carbocycles. The lowest BCUT2D eigenvalue weighted by Gasteiger charge is -2.08. The molecule has 10 nitrogen and oxygen atoms in total. The highest BCUT2D eigenvalue weighted by Gasteiger charge is 2.12. The SMILES string of the molecule is Cn1cccc1-c1noc(CCC(=O)NCCCNc2n[nH]c(=O)c3ccccc23)n1. The molecule has 3 heterocycles. The molecule has 0 aliphatic heterocycles. The summed E-state index contributed by atoms with van der Waals surface area (Å²) in [4.78, 5) is 28.2. The molecule has 0 bridgehead atoms. The first-order valence-electron chi connectivity index (χ1n) is 10.0. The summed E-state index contributed by atoms with van der Waals surface area (Å²) in [5, 5.41) is 18.0. The number of rotatable bonds is 9. The van der Waals surface area contributed by atoms with Crippen molar-refractivity contribution in [2.24, 2.45) is 7.05 Å². The van der Waals surface area contributed by atoms with Gasteiger partial charge in [-0.3, -0.25) is 9.59 Å². The molecule has 160 valence electrons. The van der Waals surface area contributed by atoms with Gasteiger partial charge in [-0.25, -0.2) is 5.10 Å². The maximum absolute atomic E-state index is 12.1. The summed E-state index contributed by atoms with van der Waals surface area (Å²) in [5.41, 5.74) is 0.641. The van der Waals surface area contributed by atoms with E-state index in [0.717, 1.165) is 11.1 Å². The molecular formula is C21H23N7O3. The average Bonchev–Trinajstić information content (AvgIpc) is 3.42. The summed E-state index contributed by atoms with van der Waals surface area (Å²) in [5.74, 6) is 1.49. The Kier molecular flexibility index (Phi) is 6.06. The van der Waals surface area contributed by atoms with Crippen molar-refractivity contribution in [3.8, 4) is 11.5 Å². The van der Waals surface area contributed by atoms with E-state index in [1.165, 1.54) is 0 Å².